The van der Waals surface area contributed by atoms with Crippen LogP contribution in [0, 0.1) is 0 Å². The Balaban J connectivity index is 2.36. The van der Waals surface area contributed by atoms with Crippen LogP contribution in [0.5, 0.6) is 0 Å². The standard InChI is InChI=1S/C14H11NO3/c15-7-4-5-8-11(6-7)13(16)9-2-1-3-10(12(8)9)14(17)18/h1-6,13,16H,15H2,(H,17,18)/t13-/m0/s1. The van der Waals surface area contributed by atoms with Crippen LogP contribution < -0.4 is 5.73 Å². The summed E-state index contributed by atoms with van der Waals surface area (Å²) in [5.74, 6) is -0.997. The molecule has 2 aromatic rings. The number of aliphatic hydroxyl groups is 1. The number of aromatic carboxylic acids is 1. The van der Waals surface area contributed by atoms with Gasteiger partial charge in [-0.2, -0.15) is 0 Å². The van der Waals surface area contributed by atoms with Crippen molar-refractivity contribution in [3.63, 3.8) is 0 Å². The van der Waals surface area contributed by atoms with Crippen molar-refractivity contribution in [1.29, 1.82) is 0 Å². The lowest BCUT2D eigenvalue weighted by atomic mass is 9.99. The van der Waals surface area contributed by atoms with Gasteiger partial charge in [-0.3, -0.25) is 0 Å². The Morgan fingerprint density at radius 2 is 1.94 bits per heavy atom. The molecule has 2 aromatic carbocycles. The maximum atomic E-state index is 11.2. The van der Waals surface area contributed by atoms with Gasteiger partial charge >= 0.3 is 5.97 Å². The molecule has 0 saturated heterocycles. The summed E-state index contributed by atoms with van der Waals surface area (Å²) in [5, 5.41) is 19.4. The van der Waals surface area contributed by atoms with E-state index in [0.29, 0.717) is 22.4 Å². The summed E-state index contributed by atoms with van der Waals surface area (Å²) in [5.41, 5.74) is 9.07. The summed E-state index contributed by atoms with van der Waals surface area (Å²) in [4.78, 5) is 11.2. The molecule has 0 aliphatic heterocycles. The van der Waals surface area contributed by atoms with Gasteiger partial charge in [0.25, 0.3) is 0 Å². The number of hydrogen-bond acceptors (Lipinski definition) is 3. The molecule has 0 saturated carbocycles. The molecule has 0 heterocycles. The first-order valence-corrected chi connectivity index (χ1v) is 5.53. The smallest absolute Gasteiger partial charge is 0.336 e. The van der Waals surface area contributed by atoms with E-state index in [9.17, 15) is 15.0 Å². The van der Waals surface area contributed by atoms with Crippen molar-refractivity contribution < 1.29 is 15.0 Å². The van der Waals surface area contributed by atoms with Crippen molar-refractivity contribution in [2.45, 2.75) is 6.10 Å². The minimum absolute atomic E-state index is 0.204. The largest absolute Gasteiger partial charge is 0.478 e. The summed E-state index contributed by atoms with van der Waals surface area (Å²) < 4.78 is 0. The first kappa shape index (κ1) is 10.8. The van der Waals surface area contributed by atoms with Crippen LogP contribution in [0.3, 0.4) is 0 Å². The molecular formula is C14H11NO3. The van der Waals surface area contributed by atoms with Gasteiger partial charge in [0.2, 0.25) is 0 Å². The highest BCUT2D eigenvalue weighted by molar-refractivity contribution is 5.99. The van der Waals surface area contributed by atoms with E-state index in [1.54, 1.807) is 36.4 Å². The van der Waals surface area contributed by atoms with E-state index in [1.165, 1.54) is 0 Å². The van der Waals surface area contributed by atoms with E-state index in [0.717, 1.165) is 5.56 Å². The van der Waals surface area contributed by atoms with Gasteiger partial charge in [0, 0.05) is 11.3 Å². The summed E-state index contributed by atoms with van der Waals surface area (Å²) in [6, 6.07) is 10.1. The van der Waals surface area contributed by atoms with Crippen LogP contribution in [0.15, 0.2) is 36.4 Å². The van der Waals surface area contributed by atoms with Gasteiger partial charge in [-0.05, 0) is 34.9 Å². The number of nitrogen functional groups attached to an aromatic ring is 1. The Labute approximate surface area is 103 Å². The third-order valence-corrected chi connectivity index (χ3v) is 3.26. The van der Waals surface area contributed by atoms with Crippen LogP contribution in [0.25, 0.3) is 11.1 Å². The van der Waals surface area contributed by atoms with Crippen molar-refractivity contribution in [3.8, 4) is 11.1 Å². The lowest BCUT2D eigenvalue weighted by molar-refractivity contribution is 0.0697. The molecule has 0 radical (unpaired) electrons. The van der Waals surface area contributed by atoms with E-state index in [2.05, 4.69) is 0 Å². The van der Waals surface area contributed by atoms with E-state index in [4.69, 9.17) is 5.73 Å². The number of carboxylic acid groups (broad SMARTS) is 1. The van der Waals surface area contributed by atoms with E-state index in [-0.39, 0.29) is 5.56 Å². The predicted octanol–water partition coefficient (Wildman–Crippen LogP) is 2.03. The van der Waals surface area contributed by atoms with Crippen molar-refractivity contribution in [2.24, 2.45) is 0 Å². The van der Waals surface area contributed by atoms with Gasteiger partial charge in [-0.25, -0.2) is 4.79 Å². The minimum atomic E-state index is -0.997. The third kappa shape index (κ3) is 1.33. The second-order valence-corrected chi connectivity index (χ2v) is 4.32. The molecule has 0 unspecified atom stereocenters. The molecule has 90 valence electrons. The van der Waals surface area contributed by atoms with Crippen LogP contribution in [-0.4, -0.2) is 16.2 Å². The Hall–Kier alpha value is -2.33. The Morgan fingerprint density at radius 3 is 2.67 bits per heavy atom. The summed E-state index contributed by atoms with van der Waals surface area (Å²) in [6.07, 6.45) is -0.808. The molecule has 18 heavy (non-hydrogen) atoms. The molecule has 4 nitrogen and oxygen atoms in total. The van der Waals surface area contributed by atoms with Crippen LogP contribution >= 0.6 is 0 Å². The van der Waals surface area contributed by atoms with E-state index in [1.807, 2.05) is 0 Å². The van der Waals surface area contributed by atoms with Gasteiger partial charge in [-0.1, -0.05) is 18.2 Å². The Kier molecular flexibility index (Phi) is 2.15. The number of carbonyl (C=O) groups is 1. The third-order valence-electron chi connectivity index (χ3n) is 3.26. The molecule has 1 aliphatic rings. The first-order chi connectivity index (χ1) is 8.59. The monoisotopic (exact) mass is 241 g/mol. The van der Waals surface area contributed by atoms with Gasteiger partial charge < -0.3 is 15.9 Å². The lowest BCUT2D eigenvalue weighted by Crippen LogP contribution is -2.00. The molecule has 3 rings (SSSR count). The number of aliphatic hydroxyl groups excluding tert-OH is 1. The van der Waals surface area contributed by atoms with Crippen LogP contribution in [0.2, 0.25) is 0 Å². The Morgan fingerprint density at radius 1 is 1.17 bits per heavy atom. The molecular weight excluding hydrogens is 230 g/mol. The summed E-state index contributed by atoms with van der Waals surface area (Å²) in [7, 11) is 0. The van der Waals surface area contributed by atoms with Gasteiger partial charge in [0.05, 0.1) is 5.56 Å². The summed E-state index contributed by atoms with van der Waals surface area (Å²) >= 11 is 0. The van der Waals surface area contributed by atoms with E-state index < -0.39 is 12.1 Å². The fourth-order valence-corrected chi connectivity index (χ4v) is 2.48. The van der Waals surface area contributed by atoms with Gasteiger partial charge in [0.15, 0.2) is 0 Å². The highest BCUT2D eigenvalue weighted by atomic mass is 16.4. The topological polar surface area (TPSA) is 83.5 Å². The van der Waals surface area contributed by atoms with Crippen LogP contribution in [0.4, 0.5) is 5.69 Å². The van der Waals surface area contributed by atoms with Crippen LogP contribution in [0.1, 0.15) is 27.6 Å². The van der Waals surface area contributed by atoms with Gasteiger partial charge in [0.1, 0.15) is 6.10 Å². The molecule has 1 aliphatic carbocycles. The second kappa shape index (κ2) is 3.58. The number of carboxylic acids is 1. The number of nitrogens with two attached hydrogens (primary N) is 1. The zero-order valence-corrected chi connectivity index (χ0v) is 9.42. The average molecular weight is 241 g/mol. The molecule has 0 spiro atoms. The summed E-state index contributed by atoms with van der Waals surface area (Å²) in [6.45, 7) is 0. The maximum absolute atomic E-state index is 11.2. The fourth-order valence-electron chi connectivity index (χ4n) is 2.48. The Bertz CT molecular complexity index is 664. The predicted molar refractivity (Wildman–Crippen MR) is 67.3 cm³/mol. The minimum Gasteiger partial charge on any atom is -0.478 e. The molecule has 0 aromatic heterocycles. The molecule has 4 heteroatoms. The van der Waals surface area contributed by atoms with E-state index >= 15 is 0 Å². The zero-order chi connectivity index (χ0) is 12.9. The maximum Gasteiger partial charge on any atom is 0.336 e. The molecule has 0 amide bonds. The number of anilines is 1. The fraction of sp³-hybridized carbons (Fsp3) is 0.0714. The molecule has 0 bridgehead atoms. The lowest BCUT2D eigenvalue weighted by Gasteiger charge is -2.06. The highest BCUT2D eigenvalue weighted by Crippen LogP contribution is 2.45. The SMILES string of the molecule is Nc1ccc2c(c1)[C@@H](O)c1cccc(C(=O)O)c1-2. The normalized spacial score (nSPS) is 16.2. The number of rotatable bonds is 1. The highest BCUT2D eigenvalue weighted by Gasteiger charge is 2.30. The number of fused-ring (bicyclic) bond motifs is 3. The van der Waals surface area contributed by atoms with Gasteiger partial charge in [-0.15, -0.1) is 0 Å². The second-order valence-electron chi connectivity index (χ2n) is 4.32. The number of hydrogen-bond donors (Lipinski definition) is 3. The molecule has 4 N–H and O–H groups in total. The van der Waals surface area contributed by atoms with Crippen molar-refractivity contribution in [2.75, 3.05) is 5.73 Å². The van der Waals surface area contributed by atoms with Crippen molar-refractivity contribution in [3.05, 3.63) is 53.1 Å². The number of benzene rings is 2. The quantitative estimate of drug-likeness (QED) is 0.667. The molecule has 0 fully saturated rings. The zero-order valence-electron chi connectivity index (χ0n) is 9.42. The van der Waals surface area contributed by atoms with Crippen molar-refractivity contribution >= 4 is 11.7 Å². The van der Waals surface area contributed by atoms with Crippen molar-refractivity contribution in [1.82, 2.24) is 0 Å². The first-order valence-electron chi connectivity index (χ1n) is 5.53. The molecule has 1 atom stereocenters. The van der Waals surface area contributed by atoms with Crippen LogP contribution in [-0.2, 0) is 0 Å². The average Bonchev–Trinajstić information content (AvgIpc) is 2.63.